The zero-order valence-corrected chi connectivity index (χ0v) is 20.7. The monoisotopic (exact) mass is 498 g/mol. The Balaban J connectivity index is 1.71. The molecule has 0 bridgehead atoms. The van der Waals surface area contributed by atoms with Crippen LogP contribution in [0.1, 0.15) is 36.6 Å². The number of aliphatic hydroxyl groups is 1. The maximum Gasteiger partial charge on any atom is 0.302 e. The normalized spacial score (nSPS) is 16.9. The third-order valence-corrected chi connectivity index (χ3v) is 6.14. The second-order valence-electron chi connectivity index (χ2n) is 8.55. The molecule has 37 heavy (non-hydrogen) atoms. The zero-order chi connectivity index (χ0) is 26.1. The van der Waals surface area contributed by atoms with Crippen LogP contribution in [-0.2, 0) is 9.59 Å². The molecule has 3 heterocycles. The molecule has 2 N–H and O–H groups in total. The first-order valence-electron chi connectivity index (χ1n) is 12.0. The second kappa shape index (κ2) is 9.77. The topological polar surface area (TPSA) is 118 Å². The summed E-state index contributed by atoms with van der Waals surface area (Å²) in [6, 6.07) is 13.1. The fourth-order valence-corrected chi connectivity index (χ4v) is 4.51. The van der Waals surface area contributed by atoms with E-state index in [-0.39, 0.29) is 22.8 Å². The third kappa shape index (κ3) is 4.29. The molecule has 9 nitrogen and oxygen atoms in total. The summed E-state index contributed by atoms with van der Waals surface area (Å²) in [7, 11) is 0. The van der Waals surface area contributed by atoms with Crippen LogP contribution in [0.2, 0.25) is 0 Å². The lowest BCUT2D eigenvalue weighted by Gasteiger charge is -2.23. The maximum atomic E-state index is 13.5. The van der Waals surface area contributed by atoms with Crippen molar-refractivity contribution in [3.8, 4) is 11.5 Å². The Kier molecular flexibility index (Phi) is 6.35. The standard InChI is InChI=1S/C28H26N4O5/c1-4-36-18-7-8-19(22(15-18)37-5-2)25(33)23-24(17-10-12-29-13-11-17)32(27(35)26(23)34)28-30-20-9-6-16(3)14-21(20)31-28/h6-15,24,33H,4-5H2,1-3H3,(H,30,31)/b25-23+. The highest BCUT2D eigenvalue weighted by molar-refractivity contribution is 6.51. The first-order chi connectivity index (χ1) is 17.9. The van der Waals surface area contributed by atoms with Gasteiger partial charge in [0, 0.05) is 18.5 Å². The Hall–Kier alpha value is -4.66. The molecule has 1 saturated heterocycles. The van der Waals surface area contributed by atoms with Crippen LogP contribution in [0.15, 0.2) is 66.5 Å². The number of ketones is 1. The number of hydrogen-bond acceptors (Lipinski definition) is 7. The summed E-state index contributed by atoms with van der Waals surface area (Å²) < 4.78 is 11.3. The molecule has 2 aromatic carbocycles. The highest BCUT2D eigenvalue weighted by Gasteiger charge is 2.48. The van der Waals surface area contributed by atoms with E-state index in [1.54, 1.807) is 42.7 Å². The Bertz CT molecular complexity index is 1530. The number of Topliss-reactive ketones (excluding diaryl/α,β-unsaturated/α-hetero) is 1. The maximum absolute atomic E-state index is 13.5. The number of carbonyl (C=O) groups excluding carboxylic acids is 2. The number of amides is 1. The molecular formula is C28H26N4O5. The molecular weight excluding hydrogens is 472 g/mol. The first kappa shape index (κ1) is 24.1. The van der Waals surface area contributed by atoms with E-state index in [1.165, 1.54) is 4.90 Å². The lowest BCUT2D eigenvalue weighted by molar-refractivity contribution is -0.132. The Morgan fingerprint density at radius 3 is 2.51 bits per heavy atom. The minimum atomic E-state index is -0.939. The number of fused-ring (bicyclic) bond motifs is 1. The summed E-state index contributed by atoms with van der Waals surface area (Å²) in [6.07, 6.45) is 3.14. The highest BCUT2D eigenvalue weighted by Crippen LogP contribution is 2.43. The number of hydrogen-bond donors (Lipinski definition) is 2. The van der Waals surface area contributed by atoms with Gasteiger partial charge in [0.25, 0.3) is 5.78 Å². The van der Waals surface area contributed by atoms with Gasteiger partial charge in [0.05, 0.1) is 41.4 Å². The number of aromatic nitrogens is 3. The first-order valence-corrected chi connectivity index (χ1v) is 12.0. The summed E-state index contributed by atoms with van der Waals surface area (Å²) >= 11 is 0. The average molecular weight is 499 g/mol. The number of imidazole rings is 1. The van der Waals surface area contributed by atoms with Gasteiger partial charge < -0.3 is 19.6 Å². The van der Waals surface area contributed by atoms with Crippen molar-refractivity contribution in [3.05, 3.63) is 83.2 Å². The number of carbonyl (C=O) groups is 2. The van der Waals surface area contributed by atoms with Crippen molar-refractivity contribution in [2.75, 3.05) is 18.1 Å². The largest absolute Gasteiger partial charge is 0.507 e. The molecule has 1 aliphatic rings. The third-order valence-electron chi connectivity index (χ3n) is 6.14. The van der Waals surface area contributed by atoms with Gasteiger partial charge in [-0.1, -0.05) is 6.07 Å². The number of aliphatic hydroxyl groups excluding tert-OH is 1. The van der Waals surface area contributed by atoms with E-state index in [1.807, 2.05) is 39.0 Å². The summed E-state index contributed by atoms with van der Waals surface area (Å²) in [6.45, 7) is 6.42. The van der Waals surface area contributed by atoms with Crippen molar-refractivity contribution >= 4 is 34.4 Å². The molecule has 1 aliphatic heterocycles. The van der Waals surface area contributed by atoms with Gasteiger partial charge in [-0.05, 0) is 68.3 Å². The fraction of sp³-hybridized carbons (Fsp3) is 0.214. The molecule has 1 atom stereocenters. The Morgan fingerprint density at radius 1 is 1.03 bits per heavy atom. The smallest absolute Gasteiger partial charge is 0.302 e. The van der Waals surface area contributed by atoms with Crippen LogP contribution in [0.3, 0.4) is 0 Å². The van der Waals surface area contributed by atoms with Crippen molar-refractivity contribution in [3.63, 3.8) is 0 Å². The number of aromatic amines is 1. The van der Waals surface area contributed by atoms with Gasteiger partial charge in [-0.2, -0.15) is 0 Å². The Labute approximate surface area is 213 Å². The van der Waals surface area contributed by atoms with E-state index in [2.05, 4.69) is 15.0 Å². The number of benzene rings is 2. The predicted molar refractivity (Wildman–Crippen MR) is 139 cm³/mol. The van der Waals surface area contributed by atoms with Crippen molar-refractivity contribution in [2.45, 2.75) is 26.8 Å². The van der Waals surface area contributed by atoms with Crippen LogP contribution in [0, 0.1) is 6.92 Å². The summed E-state index contributed by atoms with van der Waals surface area (Å²) in [5, 5.41) is 11.5. The molecule has 188 valence electrons. The number of nitrogens with one attached hydrogen (secondary N) is 1. The van der Waals surface area contributed by atoms with E-state index < -0.39 is 17.7 Å². The van der Waals surface area contributed by atoms with Gasteiger partial charge in [-0.15, -0.1) is 0 Å². The van der Waals surface area contributed by atoms with E-state index in [4.69, 9.17) is 9.47 Å². The molecule has 1 unspecified atom stereocenters. The molecule has 2 aromatic heterocycles. The quantitative estimate of drug-likeness (QED) is 0.216. The van der Waals surface area contributed by atoms with Gasteiger partial charge in [0.2, 0.25) is 5.95 Å². The van der Waals surface area contributed by atoms with Gasteiger partial charge in [0.1, 0.15) is 17.3 Å². The van der Waals surface area contributed by atoms with Crippen LogP contribution >= 0.6 is 0 Å². The molecule has 0 aliphatic carbocycles. The number of nitrogens with zero attached hydrogens (tertiary/aromatic N) is 3. The van der Waals surface area contributed by atoms with Crippen molar-refractivity contribution < 1.29 is 24.2 Å². The number of H-pyrrole nitrogens is 1. The van der Waals surface area contributed by atoms with E-state index in [9.17, 15) is 14.7 Å². The lowest BCUT2D eigenvalue weighted by Crippen LogP contribution is -2.30. The highest BCUT2D eigenvalue weighted by atomic mass is 16.5. The molecule has 0 spiro atoms. The Morgan fingerprint density at radius 2 is 1.78 bits per heavy atom. The number of pyridine rings is 1. The van der Waals surface area contributed by atoms with Crippen LogP contribution in [0.5, 0.6) is 11.5 Å². The minimum absolute atomic E-state index is 0.0713. The van der Waals surface area contributed by atoms with Crippen LogP contribution in [0.25, 0.3) is 16.8 Å². The van der Waals surface area contributed by atoms with Crippen molar-refractivity contribution in [1.82, 2.24) is 15.0 Å². The van der Waals surface area contributed by atoms with Crippen LogP contribution < -0.4 is 14.4 Å². The predicted octanol–water partition coefficient (Wildman–Crippen LogP) is 4.69. The van der Waals surface area contributed by atoms with Gasteiger partial charge in [-0.25, -0.2) is 4.98 Å². The molecule has 1 amide bonds. The van der Waals surface area contributed by atoms with Gasteiger partial charge >= 0.3 is 5.91 Å². The van der Waals surface area contributed by atoms with Crippen LogP contribution in [0.4, 0.5) is 5.95 Å². The summed E-state index contributed by atoms with van der Waals surface area (Å²) in [4.78, 5) is 40.0. The van der Waals surface area contributed by atoms with E-state index in [0.717, 1.165) is 11.1 Å². The average Bonchev–Trinajstić information content (AvgIpc) is 3.42. The molecule has 0 saturated carbocycles. The minimum Gasteiger partial charge on any atom is -0.507 e. The SMILES string of the molecule is CCOc1ccc(/C(O)=C2\C(=O)C(=O)N(c3nc4ccc(C)cc4[nH]3)C2c2ccncc2)c(OCC)c1. The number of anilines is 1. The summed E-state index contributed by atoms with van der Waals surface area (Å²) in [5.74, 6) is -0.868. The second-order valence-corrected chi connectivity index (χ2v) is 8.55. The molecule has 1 fully saturated rings. The molecule has 0 radical (unpaired) electrons. The van der Waals surface area contributed by atoms with Gasteiger partial charge in [0.15, 0.2) is 0 Å². The van der Waals surface area contributed by atoms with Gasteiger partial charge in [-0.3, -0.25) is 19.5 Å². The van der Waals surface area contributed by atoms with E-state index in [0.29, 0.717) is 35.8 Å². The number of rotatable bonds is 7. The van der Waals surface area contributed by atoms with Crippen LogP contribution in [-0.4, -0.2) is 45.0 Å². The summed E-state index contributed by atoms with van der Waals surface area (Å²) in [5.41, 5.74) is 3.21. The van der Waals surface area contributed by atoms with Crippen molar-refractivity contribution in [2.24, 2.45) is 0 Å². The van der Waals surface area contributed by atoms with E-state index >= 15 is 0 Å². The number of aryl methyl sites for hydroxylation is 1. The number of ether oxygens (including phenoxy) is 2. The fourth-order valence-electron chi connectivity index (χ4n) is 4.51. The molecule has 4 aromatic rings. The molecule has 5 rings (SSSR count). The van der Waals surface area contributed by atoms with Crippen molar-refractivity contribution in [1.29, 1.82) is 0 Å². The lowest BCUT2D eigenvalue weighted by atomic mass is 9.95. The zero-order valence-electron chi connectivity index (χ0n) is 20.7. The molecule has 9 heteroatoms.